The zero-order valence-electron chi connectivity index (χ0n) is 9.84. The molecule has 1 aromatic rings. The second-order valence-electron chi connectivity index (χ2n) is 4.35. The van der Waals surface area contributed by atoms with Crippen LogP contribution in [0.1, 0.15) is 20.3 Å². The van der Waals surface area contributed by atoms with Gasteiger partial charge in [0.25, 0.3) is 0 Å². The number of nitrogens with one attached hydrogen (secondary N) is 1. The predicted octanol–water partition coefficient (Wildman–Crippen LogP) is 3.37. The van der Waals surface area contributed by atoms with Crippen LogP contribution < -0.4 is 11.1 Å². The first-order valence-corrected chi connectivity index (χ1v) is 7.29. The van der Waals surface area contributed by atoms with Crippen LogP contribution >= 0.6 is 38.5 Å². The molecule has 1 atom stereocenters. The maximum Gasteiger partial charge on any atom is 0.241 e. The average Bonchev–Trinajstić information content (AvgIpc) is 2.22. The first-order valence-electron chi connectivity index (χ1n) is 5.41. The molecule has 0 radical (unpaired) electrons. The summed E-state index contributed by atoms with van der Waals surface area (Å²) in [5.74, 6) is 0.289. The van der Waals surface area contributed by atoms with E-state index < -0.39 is 6.04 Å². The Bertz CT molecular complexity index is 409. The molecular formula is C12H16BrIN2O. The van der Waals surface area contributed by atoms with Gasteiger partial charge < -0.3 is 11.1 Å². The zero-order chi connectivity index (χ0) is 13.0. The Morgan fingerprint density at radius 3 is 2.71 bits per heavy atom. The number of carbonyl (C=O) groups is 1. The fraction of sp³-hybridized carbons (Fsp3) is 0.417. The summed E-state index contributed by atoms with van der Waals surface area (Å²) in [4.78, 5) is 11.8. The van der Waals surface area contributed by atoms with Crippen molar-refractivity contribution >= 4 is 50.1 Å². The average molecular weight is 411 g/mol. The lowest BCUT2D eigenvalue weighted by molar-refractivity contribution is -0.117. The summed E-state index contributed by atoms with van der Waals surface area (Å²) in [6.07, 6.45) is 0.694. The number of anilines is 1. The summed E-state index contributed by atoms with van der Waals surface area (Å²) >= 11 is 5.62. The Morgan fingerprint density at radius 1 is 1.53 bits per heavy atom. The molecule has 1 rings (SSSR count). The Labute approximate surface area is 124 Å². The van der Waals surface area contributed by atoms with E-state index in [0.29, 0.717) is 12.3 Å². The van der Waals surface area contributed by atoms with E-state index in [4.69, 9.17) is 5.73 Å². The third-order valence-electron chi connectivity index (χ3n) is 2.25. The first kappa shape index (κ1) is 14.9. The molecule has 0 fully saturated rings. The van der Waals surface area contributed by atoms with Crippen molar-refractivity contribution in [3.8, 4) is 0 Å². The number of halogens is 2. The summed E-state index contributed by atoms with van der Waals surface area (Å²) in [7, 11) is 0. The molecule has 0 aliphatic carbocycles. The number of benzene rings is 1. The van der Waals surface area contributed by atoms with Crippen molar-refractivity contribution < 1.29 is 4.79 Å². The van der Waals surface area contributed by atoms with Gasteiger partial charge in [0.05, 0.1) is 6.04 Å². The number of hydrogen-bond acceptors (Lipinski definition) is 2. The minimum Gasteiger partial charge on any atom is -0.325 e. The summed E-state index contributed by atoms with van der Waals surface area (Å²) < 4.78 is 2.07. The van der Waals surface area contributed by atoms with E-state index in [1.54, 1.807) is 0 Å². The molecule has 1 unspecified atom stereocenters. The Morgan fingerprint density at radius 2 is 2.18 bits per heavy atom. The van der Waals surface area contributed by atoms with Gasteiger partial charge in [0, 0.05) is 13.7 Å². The van der Waals surface area contributed by atoms with Gasteiger partial charge in [-0.3, -0.25) is 4.79 Å². The van der Waals surface area contributed by atoms with Crippen molar-refractivity contribution in [2.75, 3.05) is 5.32 Å². The molecule has 0 aromatic heterocycles. The van der Waals surface area contributed by atoms with Gasteiger partial charge in [-0.15, -0.1) is 0 Å². The molecule has 0 heterocycles. The van der Waals surface area contributed by atoms with Gasteiger partial charge in [-0.1, -0.05) is 13.8 Å². The van der Waals surface area contributed by atoms with Crippen molar-refractivity contribution in [3.63, 3.8) is 0 Å². The largest absolute Gasteiger partial charge is 0.325 e. The second kappa shape index (κ2) is 6.70. The van der Waals surface area contributed by atoms with Crippen LogP contribution in [0.15, 0.2) is 22.7 Å². The number of rotatable bonds is 4. The molecule has 0 saturated heterocycles. The van der Waals surface area contributed by atoms with Crippen LogP contribution in [0.5, 0.6) is 0 Å². The van der Waals surface area contributed by atoms with Crippen LogP contribution in [0.25, 0.3) is 0 Å². The Hall–Kier alpha value is -0.140. The minimum atomic E-state index is -0.448. The van der Waals surface area contributed by atoms with Gasteiger partial charge in [-0.25, -0.2) is 0 Å². The molecule has 0 spiro atoms. The highest BCUT2D eigenvalue weighted by atomic mass is 127. The number of nitrogens with two attached hydrogens (primary N) is 1. The topological polar surface area (TPSA) is 55.1 Å². The van der Waals surface area contributed by atoms with Crippen LogP contribution in [-0.2, 0) is 4.79 Å². The molecule has 0 aliphatic rings. The van der Waals surface area contributed by atoms with Crippen LogP contribution in [0.4, 0.5) is 5.69 Å². The highest BCUT2D eigenvalue weighted by molar-refractivity contribution is 14.1. The molecule has 17 heavy (non-hydrogen) atoms. The van der Waals surface area contributed by atoms with Crippen molar-refractivity contribution in [1.29, 1.82) is 0 Å². The van der Waals surface area contributed by atoms with Crippen LogP contribution in [0, 0.1) is 9.49 Å². The lowest BCUT2D eigenvalue weighted by atomic mass is 10.0. The van der Waals surface area contributed by atoms with Crippen molar-refractivity contribution in [3.05, 3.63) is 26.2 Å². The summed E-state index contributed by atoms with van der Waals surface area (Å²) in [6, 6.07) is 5.22. The fourth-order valence-electron chi connectivity index (χ4n) is 1.42. The van der Waals surface area contributed by atoms with Gasteiger partial charge in [-0.05, 0) is 69.1 Å². The van der Waals surface area contributed by atoms with Crippen LogP contribution in [0.3, 0.4) is 0 Å². The standard InChI is InChI=1S/C12H16BrIN2O/c1-7(2)5-11(15)12(17)16-8-3-4-9(13)10(14)6-8/h3-4,6-7,11H,5,15H2,1-2H3,(H,16,17). The Balaban J connectivity index is 2.64. The van der Waals surface area contributed by atoms with E-state index in [-0.39, 0.29) is 5.91 Å². The van der Waals surface area contributed by atoms with Gasteiger partial charge >= 0.3 is 0 Å². The van der Waals surface area contributed by atoms with Gasteiger partial charge in [0.2, 0.25) is 5.91 Å². The predicted molar refractivity (Wildman–Crippen MR) is 82.9 cm³/mol. The fourth-order valence-corrected chi connectivity index (χ4v) is 2.19. The van der Waals surface area contributed by atoms with Gasteiger partial charge in [0.1, 0.15) is 0 Å². The van der Waals surface area contributed by atoms with Crippen molar-refractivity contribution in [2.45, 2.75) is 26.3 Å². The van der Waals surface area contributed by atoms with Crippen molar-refractivity contribution in [2.24, 2.45) is 11.7 Å². The number of carbonyl (C=O) groups excluding carboxylic acids is 1. The quantitative estimate of drug-likeness (QED) is 0.747. The molecule has 3 N–H and O–H groups in total. The number of amides is 1. The summed E-state index contributed by atoms with van der Waals surface area (Å²) in [5.41, 5.74) is 6.59. The molecule has 0 bridgehead atoms. The van der Waals surface area contributed by atoms with Crippen LogP contribution in [0.2, 0.25) is 0 Å². The van der Waals surface area contributed by atoms with E-state index in [2.05, 4.69) is 57.7 Å². The first-order chi connectivity index (χ1) is 7.90. The maximum absolute atomic E-state index is 11.8. The number of hydrogen-bond donors (Lipinski definition) is 2. The van der Waals surface area contributed by atoms with E-state index >= 15 is 0 Å². The third kappa shape index (κ3) is 4.93. The zero-order valence-corrected chi connectivity index (χ0v) is 13.6. The molecule has 0 aliphatic heterocycles. The normalized spacial score (nSPS) is 12.6. The monoisotopic (exact) mass is 410 g/mol. The highest BCUT2D eigenvalue weighted by Crippen LogP contribution is 2.22. The lowest BCUT2D eigenvalue weighted by Gasteiger charge is -2.14. The SMILES string of the molecule is CC(C)CC(N)C(=O)Nc1ccc(Br)c(I)c1. The van der Waals surface area contributed by atoms with E-state index in [1.807, 2.05) is 18.2 Å². The van der Waals surface area contributed by atoms with Crippen LogP contribution in [-0.4, -0.2) is 11.9 Å². The molecule has 94 valence electrons. The molecule has 3 nitrogen and oxygen atoms in total. The van der Waals surface area contributed by atoms with Gasteiger partial charge in [-0.2, -0.15) is 0 Å². The maximum atomic E-state index is 11.8. The summed E-state index contributed by atoms with van der Waals surface area (Å²) in [5, 5.41) is 2.83. The van der Waals surface area contributed by atoms with Gasteiger partial charge in [0.15, 0.2) is 0 Å². The van der Waals surface area contributed by atoms with Crippen molar-refractivity contribution in [1.82, 2.24) is 0 Å². The molecule has 1 aromatic carbocycles. The van der Waals surface area contributed by atoms with E-state index in [1.165, 1.54) is 0 Å². The van der Waals surface area contributed by atoms with E-state index in [9.17, 15) is 4.79 Å². The molecule has 1 amide bonds. The van der Waals surface area contributed by atoms with E-state index in [0.717, 1.165) is 13.7 Å². The minimum absolute atomic E-state index is 0.128. The second-order valence-corrected chi connectivity index (χ2v) is 6.37. The smallest absolute Gasteiger partial charge is 0.241 e. The summed E-state index contributed by atoms with van der Waals surface area (Å²) in [6.45, 7) is 4.10. The Kier molecular flexibility index (Phi) is 5.88. The molecule has 0 saturated carbocycles. The molecular weight excluding hydrogens is 395 g/mol. The third-order valence-corrected chi connectivity index (χ3v) is 4.57. The highest BCUT2D eigenvalue weighted by Gasteiger charge is 2.15. The lowest BCUT2D eigenvalue weighted by Crippen LogP contribution is -2.36. The molecule has 5 heteroatoms.